The Balaban J connectivity index is -0.000000264. The Morgan fingerprint density at radius 2 is 1.43 bits per heavy atom. The molecule has 0 spiro atoms. The minimum Gasteiger partial charge on any atom is -0.478 e. The third kappa shape index (κ3) is 19.6. The third-order valence-electron chi connectivity index (χ3n) is 1.94. The van der Waals surface area contributed by atoms with Crippen LogP contribution in [-0.4, -0.2) is 48.4 Å². The van der Waals surface area contributed by atoms with Gasteiger partial charge in [-0.25, -0.2) is 14.4 Å². The maximum atomic E-state index is 10.5. The normalized spacial score (nSPS) is 8.22. The third-order valence-corrected chi connectivity index (χ3v) is 1.94. The van der Waals surface area contributed by atoms with E-state index in [9.17, 15) is 14.4 Å². The number of aliphatic hydroxyl groups is 1. The quantitative estimate of drug-likeness (QED) is 0.565. The summed E-state index contributed by atoms with van der Waals surface area (Å²) < 4.78 is 8.74. The minimum atomic E-state index is -0.900. The Hall–Kier alpha value is -2.41. The van der Waals surface area contributed by atoms with E-state index in [1.54, 1.807) is 20.8 Å². The van der Waals surface area contributed by atoms with Gasteiger partial charge in [0.25, 0.3) is 0 Å². The summed E-state index contributed by atoms with van der Waals surface area (Å²) in [5, 5.41) is 16.3. The molecule has 0 saturated carbocycles. The maximum Gasteiger partial charge on any atom is 0.333 e. The highest BCUT2D eigenvalue weighted by molar-refractivity contribution is 5.87. The van der Waals surface area contributed by atoms with Crippen molar-refractivity contribution in [2.45, 2.75) is 27.2 Å². The second kappa shape index (κ2) is 16.0. The molecule has 0 aromatic heterocycles. The number of carboxylic acid groups (broad SMARTS) is 1. The fourth-order valence-corrected chi connectivity index (χ4v) is 0.587. The standard InChI is InChI=1S/C6H10O3.2C5H8O2/c1-5(2)6(8)9-4-3-7;1-4(2)5(6)7-3;1-3-4(2)5(6)7/h7H,1,3-4H2,2H3;1H2,2-3H3;2-3H2,1H3,(H,6,7). The van der Waals surface area contributed by atoms with Gasteiger partial charge in [-0.3, -0.25) is 0 Å². The molecule has 0 fully saturated rings. The van der Waals surface area contributed by atoms with Crippen molar-refractivity contribution < 1.29 is 34.1 Å². The zero-order valence-electron chi connectivity index (χ0n) is 14.2. The van der Waals surface area contributed by atoms with Crippen LogP contribution in [0.3, 0.4) is 0 Å². The molecule has 0 bridgehead atoms. The van der Waals surface area contributed by atoms with Gasteiger partial charge in [-0.05, 0) is 20.3 Å². The van der Waals surface area contributed by atoms with E-state index < -0.39 is 11.9 Å². The molecule has 0 aliphatic carbocycles. The van der Waals surface area contributed by atoms with E-state index >= 15 is 0 Å². The highest BCUT2D eigenvalue weighted by Gasteiger charge is 2.00. The van der Waals surface area contributed by atoms with Crippen molar-refractivity contribution in [3.63, 3.8) is 0 Å². The average molecular weight is 330 g/mol. The molecule has 0 aromatic carbocycles. The first-order valence-corrected chi connectivity index (χ1v) is 6.63. The second-order valence-electron chi connectivity index (χ2n) is 4.17. The van der Waals surface area contributed by atoms with E-state index in [2.05, 4.69) is 29.2 Å². The number of carboxylic acids is 1. The summed E-state index contributed by atoms with van der Waals surface area (Å²) in [4.78, 5) is 30.5. The van der Waals surface area contributed by atoms with Gasteiger partial charge >= 0.3 is 17.9 Å². The second-order valence-corrected chi connectivity index (χ2v) is 4.17. The molecule has 132 valence electrons. The summed E-state index contributed by atoms with van der Waals surface area (Å²) in [6.45, 7) is 14.8. The van der Waals surface area contributed by atoms with Gasteiger partial charge in [0.05, 0.1) is 13.7 Å². The number of ether oxygens (including phenoxy) is 2. The van der Waals surface area contributed by atoms with Crippen molar-refractivity contribution in [1.29, 1.82) is 0 Å². The number of esters is 2. The van der Waals surface area contributed by atoms with E-state index in [1.165, 1.54) is 7.11 Å². The van der Waals surface area contributed by atoms with Crippen molar-refractivity contribution in [3.8, 4) is 0 Å². The van der Waals surface area contributed by atoms with Crippen molar-refractivity contribution in [3.05, 3.63) is 36.5 Å². The SMILES string of the molecule is C=C(C)C(=O)OC.C=C(C)C(=O)OCCO.C=C(CC)C(=O)O. The number of rotatable bonds is 6. The Kier molecular flexibility index (Phi) is 17.7. The zero-order chi connectivity index (χ0) is 19.0. The van der Waals surface area contributed by atoms with E-state index in [1.807, 2.05) is 0 Å². The maximum absolute atomic E-state index is 10.5. The summed E-state index contributed by atoms with van der Waals surface area (Å²) in [5.74, 6) is -1.70. The first kappa shape index (κ1) is 25.5. The molecule has 0 rings (SSSR count). The van der Waals surface area contributed by atoms with Gasteiger partial charge < -0.3 is 19.7 Å². The molecule has 0 saturated heterocycles. The van der Waals surface area contributed by atoms with Crippen LogP contribution in [0.2, 0.25) is 0 Å². The lowest BCUT2D eigenvalue weighted by atomic mass is 10.2. The van der Waals surface area contributed by atoms with E-state index in [0.717, 1.165) is 0 Å². The summed E-state index contributed by atoms with van der Waals surface area (Å²) in [7, 11) is 1.33. The van der Waals surface area contributed by atoms with Crippen LogP contribution in [-0.2, 0) is 23.9 Å². The van der Waals surface area contributed by atoms with Gasteiger partial charge in [0.2, 0.25) is 0 Å². The molecule has 0 radical (unpaired) electrons. The van der Waals surface area contributed by atoms with Crippen LogP contribution >= 0.6 is 0 Å². The van der Waals surface area contributed by atoms with Gasteiger partial charge in [-0.15, -0.1) is 0 Å². The molecule has 0 aliphatic heterocycles. The van der Waals surface area contributed by atoms with E-state index in [4.69, 9.17) is 10.2 Å². The van der Waals surface area contributed by atoms with Gasteiger partial charge in [0, 0.05) is 16.7 Å². The lowest BCUT2D eigenvalue weighted by molar-refractivity contribution is -0.140. The van der Waals surface area contributed by atoms with Crippen molar-refractivity contribution in [2.24, 2.45) is 0 Å². The highest BCUT2D eigenvalue weighted by Crippen LogP contribution is 1.93. The summed E-state index contributed by atoms with van der Waals surface area (Å²) in [6.07, 6.45) is 0.523. The molecule has 0 atom stereocenters. The van der Waals surface area contributed by atoms with Crippen LogP contribution < -0.4 is 0 Å². The molecular formula is C16H26O7. The number of carbonyl (C=O) groups excluding carboxylic acids is 2. The van der Waals surface area contributed by atoms with Gasteiger partial charge in [0.1, 0.15) is 6.61 Å². The molecule has 0 amide bonds. The number of aliphatic carboxylic acids is 1. The minimum absolute atomic E-state index is 0.0473. The zero-order valence-corrected chi connectivity index (χ0v) is 14.2. The van der Waals surface area contributed by atoms with E-state index in [-0.39, 0.29) is 24.8 Å². The van der Waals surface area contributed by atoms with Crippen molar-refractivity contribution in [1.82, 2.24) is 0 Å². The number of methoxy groups -OCH3 is 1. The molecule has 0 aliphatic rings. The van der Waals surface area contributed by atoms with Crippen LogP contribution in [0.5, 0.6) is 0 Å². The Morgan fingerprint density at radius 3 is 1.57 bits per heavy atom. The van der Waals surface area contributed by atoms with Crippen molar-refractivity contribution >= 4 is 17.9 Å². The van der Waals surface area contributed by atoms with Crippen LogP contribution in [0.25, 0.3) is 0 Å². The van der Waals surface area contributed by atoms with Crippen LogP contribution in [0.4, 0.5) is 0 Å². The van der Waals surface area contributed by atoms with Gasteiger partial charge in [-0.1, -0.05) is 26.7 Å². The monoisotopic (exact) mass is 330 g/mol. The first-order valence-electron chi connectivity index (χ1n) is 6.63. The highest BCUT2D eigenvalue weighted by atomic mass is 16.5. The van der Waals surface area contributed by atoms with E-state index in [0.29, 0.717) is 17.6 Å². The number of hydrogen-bond acceptors (Lipinski definition) is 6. The summed E-state index contributed by atoms with van der Waals surface area (Å²) >= 11 is 0. The van der Waals surface area contributed by atoms with Crippen LogP contribution in [0.15, 0.2) is 36.5 Å². The predicted molar refractivity (Wildman–Crippen MR) is 86.8 cm³/mol. The molecule has 2 N–H and O–H groups in total. The first-order chi connectivity index (χ1) is 10.5. The predicted octanol–water partition coefficient (Wildman–Crippen LogP) is 1.87. The number of carbonyl (C=O) groups is 3. The molecule has 7 heteroatoms. The molecule has 23 heavy (non-hydrogen) atoms. The molecule has 0 heterocycles. The molecular weight excluding hydrogens is 304 g/mol. The molecule has 7 nitrogen and oxygen atoms in total. The van der Waals surface area contributed by atoms with Crippen LogP contribution in [0, 0.1) is 0 Å². The largest absolute Gasteiger partial charge is 0.478 e. The Bertz CT molecular complexity index is 410. The van der Waals surface area contributed by atoms with Gasteiger partial charge in [-0.2, -0.15) is 0 Å². The number of aliphatic hydroxyl groups excluding tert-OH is 1. The molecule has 0 aromatic rings. The average Bonchev–Trinajstić information content (AvgIpc) is 2.51. The Labute approximate surface area is 136 Å². The van der Waals surface area contributed by atoms with Crippen LogP contribution in [0.1, 0.15) is 27.2 Å². The topological polar surface area (TPSA) is 110 Å². The fraction of sp³-hybridized carbons (Fsp3) is 0.438. The molecule has 0 unspecified atom stereocenters. The lowest BCUT2D eigenvalue weighted by Crippen LogP contribution is -2.08. The van der Waals surface area contributed by atoms with Gasteiger partial charge in [0.15, 0.2) is 0 Å². The smallest absolute Gasteiger partial charge is 0.333 e. The summed E-state index contributed by atoms with van der Waals surface area (Å²) in [6, 6.07) is 0. The van der Waals surface area contributed by atoms with Crippen molar-refractivity contribution in [2.75, 3.05) is 20.3 Å². The Morgan fingerprint density at radius 1 is 1.00 bits per heavy atom. The lowest BCUT2D eigenvalue weighted by Gasteiger charge is -1.99. The fourth-order valence-electron chi connectivity index (χ4n) is 0.587. The summed E-state index contributed by atoms with van der Waals surface area (Å²) in [5.41, 5.74) is 1.05. The number of hydrogen-bond donors (Lipinski definition) is 2.